The highest BCUT2D eigenvalue weighted by atomic mass is 16.3. The van der Waals surface area contributed by atoms with Crippen molar-refractivity contribution in [2.24, 2.45) is 0 Å². The number of anilines is 3. The molecule has 10 aromatic rings. The van der Waals surface area contributed by atoms with E-state index in [4.69, 9.17) is 9.40 Å². The molecule has 0 unspecified atom stereocenters. The zero-order valence-corrected chi connectivity index (χ0v) is 28.3. The second-order valence-electron chi connectivity index (χ2n) is 13.2. The van der Waals surface area contributed by atoms with Gasteiger partial charge < -0.3 is 9.32 Å². The van der Waals surface area contributed by atoms with Crippen LogP contribution >= 0.6 is 0 Å². The highest BCUT2D eigenvalue weighted by Gasteiger charge is 2.20. The van der Waals surface area contributed by atoms with Crippen LogP contribution < -0.4 is 4.90 Å². The molecule has 3 nitrogen and oxygen atoms in total. The highest BCUT2D eigenvalue weighted by Crippen LogP contribution is 2.44. The lowest BCUT2D eigenvalue weighted by atomic mass is 9.90. The van der Waals surface area contributed by atoms with E-state index in [-0.39, 0.29) is 0 Å². The molecule has 0 N–H and O–H groups in total. The summed E-state index contributed by atoms with van der Waals surface area (Å²) in [5, 5.41) is 6.70. The summed E-state index contributed by atoms with van der Waals surface area (Å²) < 4.78 is 6.44. The molecule has 2 heterocycles. The monoisotopic (exact) mass is 664 g/mol. The minimum Gasteiger partial charge on any atom is -0.437 e. The maximum absolute atomic E-state index is 6.44. The van der Waals surface area contributed by atoms with Gasteiger partial charge in [0.25, 0.3) is 0 Å². The molecule has 0 amide bonds. The molecule has 0 saturated heterocycles. The van der Waals surface area contributed by atoms with E-state index in [9.17, 15) is 0 Å². The van der Waals surface area contributed by atoms with Crippen molar-refractivity contribution in [3.8, 4) is 33.4 Å². The molecule has 0 atom stereocenters. The Labute approximate surface area is 301 Å². The quantitative estimate of drug-likeness (QED) is 0.177. The van der Waals surface area contributed by atoms with Gasteiger partial charge in [0.15, 0.2) is 0 Å². The van der Waals surface area contributed by atoms with Crippen LogP contribution in [0.4, 0.5) is 17.1 Å². The Bertz CT molecular complexity index is 2910. The first kappa shape index (κ1) is 29.9. The number of pyridine rings is 1. The number of aromatic nitrogens is 1. The number of nitrogens with zero attached hydrogens (tertiary/aromatic N) is 2. The van der Waals surface area contributed by atoms with Crippen molar-refractivity contribution in [3.05, 3.63) is 194 Å². The predicted molar refractivity (Wildman–Crippen MR) is 218 cm³/mol. The van der Waals surface area contributed by atoms with Crippen LogP contribution in [0.3, 0.4) is 0 Å². The van der Waals surface area contributed by atoms with Crippen molar-refractivity contribution in [3.63, 3.8) is 0 Å². The zero-order valence-electron chi connectivity index (χ0n) is 28.3. The molecule has 52 heavy (non-hydrogen) atoms. The SMILES string of the molecule is c1ccc(-c2cccc(N(c3ccc(-c4ccccc4)c(-c4cccc5ccccc45)c3)c3cnc4oc5c6ccccc6ccc5c4c3)c2)cc1. The van der Waals surface area contributed by atoms with Crippen LogP contribution in [0.15, 0.2) is 199 Å². The molecule has 244 valence electrons. The fourth-order valence-electron chi connectivity index (χ4n) is 7.63. The Morgan fingerprint density at radius 1 is 0.365 bits per heavy atom. The maximum Gasteiger partial charge on any atom is 0.227 e. The van der Waals surface area contributed by atoms with Crippen LogP contribution in [-0.2, 0) is 0 Å². The first-order chi connectivity index (χ1) is 25.8. The van der Waals surface area contributed by atoms with Crippen molar-refractivity contribution in [1.82, 2.24) is 4.98 Å². The number of furan rings is 1. The summed E-state index contributed by atoms with van der Waals surface area (Å²) in [6.45, 7) is 0. The molecule has 3 heteroatoms. The zero-order chi connectivity index (χ0) is 34.4. The first-order valence-corrected chi connectivity index (χ1v) is 17.6. The number of hydrogen-bond acceptors (Lipinski definition) is 3. The van der Waals surface area contributed by atoms with Crippen LogP contribution in [0.2, 0.25) is 0 Å². The van der Waals surface area contributed by atoms with E-state index < -0.39 is 0 Å². The first-order valence-electron chi connectivity index (χ1n) is 17.6. The fraction of sp³-hybridized carbons (Fsp3) is 0. The van der Waals surface area contributed by atoms with Crippen LogP contribution in [-0.4, -0.2) is 4.98 Å². The Hall–Kier alpha value is -6.97. The molecule has 0 aliphatic heterocycles. The molecule has 10 rings (SSSR count). The summed E-state index contributed by atoms with van der Waals surface area (Å²) in [7, 11) is 0. The maximum atomic E-state index is 6.44. The third kappa shape index (κ3) is 5.10. The van der Waals surface area contributed by atoms with Crippen molar-refractivity contribution in [2.45, 2.75) is 0 Å². The molecule has 0 aliphatic rings. The van der Waals surface area contributed by atoms with Gasteiger partial charge in [-0.1, -0.05) is 152 Å². The van der Waals surface area contributed by atoms with Crippen molar-refractivity contribution < 1.29 is 4.42 Å². The minimum atomic E-state index is 0.629. The van der Waals surface area contributed by atoms with Gasteiger partial charge in [-0.15, -0.1) is 0 Å². The number of benzene rings is 8. The molecule has 2 aromatic heterocycles. The number of rotatable bonds is 6. The lowest BCUT2D eigenvalue weighted by Crippen LogP contribution is -2.11. The normalized spacial score (nSPS) is 11.5. The van der Waals surface area contributed by atoms with Gasteiger partial charge in [0.2, 0.25) is 5.71 Å². The highest BCUT2D eigenvalue weighted by molar-refractivity contribution is 6.15. The summed E-state index contributed by atoms with van der Waals surface area (Å²) in [6.07, 6.45) is 1.94. The summed E-state index contributed by atoms with van der Waals surface area (Å²) >= 11 is 0. The van der Waals surface area contributed by atoms with E-state index in [0.717, 1.165) is 49.8 Å². The third-order valence-corrected chi connectivity index (χ3v) is 10.1. The van der Waals surface area contributed by atoms with Crippen LogP contribution in [0, 0.1) is 0 Å². The summed E-state index contributed by atoms with van der Waals surface area (Å²) in [4.78, 5) is 7.28. The van der Waals surface area contributed by atoms with Crippen molar-refractivity contribution in [1.29, 1.82) is 0 Å². The van der Waals surface area contributed by atoms with E-state index in [1.807, 2.05) is 6.20 Å². The average Bonchev–Trinajstić information content (AvgIpc) is 3.60. The molecule has 0 radical (unpaired) electrons. The van der Waals surface area contributed by atoms with Gasteiger partial charge in [-0.3, -0.25) is 0 Å². The van der Waals surface area contributed by atoms with E-state index in [0.29, 0.717) is 5.71 Å². The summed E-state index contributed by atoms with van der Waals surface area (Å²) in [6, 6.07) is 66.9. The lowest BCUT2D eigenvalue weighted by molar-refractivity contribution is 0.657. The molecule has 0 bridgehead atoms. The summed E-state index contributed by atoms with van der Waals surface area (Å²) in [5.41, 5.74) is 11.5. The molecule has 0 aliphatic carbocycles. The Kier molecular flexibility index (Phi) is 7.14. The Morgan fingerprint density at radius 3 is 1.85 bits per heavy atom. The van der Waals surface area contributed by atoms with Crippen LogP contribution in [0.1, 0.15) is 0 Å². The van der Waals surface area contributed by atoms with Crippen LogP contribution in [0.5, 0.6) is 0 Å². The molecular formula is C49H32N2O. The molecule has 0 fully saturated rings. The Balaban J connectivity index is 1.23. The van der Waals surface area contributed by atoms with Crippen LogP contribution in [0.25, 0.3) is 77.0 Å². The minimum absolute atomic E-state index is 0.629. The second-order valence-corrected chi connectivity index (χ2v) is 13.2. The molecule has 8 aromatic carbocycles. The van der Waals surface area contributed by atoms with Gasteiger partial charge in [0.1, 0.15) is 5.58 Å². The van der Waals surface area contributed by atoms with Gasteiger partial charge >= 0.3 is 0 Å². The molecular weight excluding hydrogens is 633 g/mol. The second kappa shape index (κ2) is 12.4. The fourth-order valence-corrected chi connectivity index (χ4v) is 7.63. The largest absolute Gasteiger partial charge is 0.437 e. The predicted octanol–water partition coefficient (Wildman–Crippen LogP) is 13.8. The van der Waals surface area contributed by atoms with Crippen molar-refractivity contribution >= 4 is 60.7 Å². The number of fused-ring (bicyclic) bond motifs is 6. The standard InChI is InChI=1S/C49H32N2O/c1-3-13-33(14-4-1)37-20-11-21-38(29-37)51(40-31-47-45-27-25-36-18-8-10-23-43(36)48(45)52-49(47)50-32-40)39-26-28-42(34-15-5-2-6-16-34)46(30-39)44-24-12-19-35-17-7-9-22-41(35)44/h1-32H. The topological polar surface area (TPSA) is 29.3 Å². The lowest BCUT2D eigenvalue weighted by Gasteiger charge is -2.27. The third-order valence-electron chi connectivity index (χ3n) is 10.1. The van der Waals surface area contributed by atoms with Gasteiger partial charge in [0, 0.05) is 22.1 Å². The van der Waals surface area contributed by atoms with E-state index >= 15 is 0 Å². The van der Waals surface area contributed by atoms with Gasteiger partial charge in [-0.2, -0.15) is 0 Å². The van der Waals surface area contributed by atoms with Crippen molar-refractivity contribution in [2.75, 3.05) is 4.90 Å². The van der Waals surface area contributed by atoms with Gasteiger partial charge in [0.05, 0.1) is 17.3 Å². The summed E-state index contributed by atoms with van der Waals surface area (Å²) in [5.74, 6) is 0. The van der Waals surface area contributed by atoms with E-state index in [2.05, 4.69) is 193 Å². The van der Waals surface area contributed by atoms with Gasteiger partial charge in [-0.05, 0) is 85.9 Å². The molecule has 0 saturated carbocycles. The van der Waals surface area contributed by atoms with E-state index in [1.54, 1.807) is 0 Å². The number of hydrogen-bond donors (Lipinski definition) is 0. The van der Waals surface area contributed by atoms with E-state index in [1.165, 1.54) is 38.6 Å². The van der Waals surface area contributed by atoms with Gasteiger partial charge in [-0.25, -0.2) is 4.98 Å². The smallest absolute Gasteiger partial charge is 0.227 e. The Morgan fingerprint density at radius 2 is 1.02 bits per heavy atom. The molecule has 0 spiro atoms. The average molecular weight is 665 g/mol.